The summed E-state index contributed by atoms with van der Waals surface area (Å²) < 4.78 is 49.7. The van der Waals surface area contributed by atoms with E-state index in [1.807, 2.05) is 13.0 Å². The summed E-state index contributed by atoms with van der Waals surface area (Å²) in [5.41, 5.74) is 0.989. The van der Waals surface area contributed by atoms with Crippen LogP contribution in [0.25, 0.3) is 11.1 Å². The standard InChI is InChI=1S/C33H43F3O/c1-3-4-21-37-31-20-19-29(32(35)33(31)36)28-18-17-27(22-30(28)34)26-15-13-25(14-16-26)8-6-5-7-24-11-9-23(2)10-12-24/h5,7,17-20,22-26H,3-4,6,8-16,21H2,1-2H3/b7-5+. The van der Waals surface area contributed by atoms with E-state index >= 15 is 4.39 Å². The van der Waals surface area contributed by atoms with Crippen LogP contribution in [0, 0.1) is 35.2 Å². The van der Waals surface area contributed by atoms with Crippen molar-refractivity contribution in [1.29, 1.82) is 0 Å². The molecule has 1 nitrogen and oxygen atoms in total. The molecule has 0 amide bonds. The molecule has 0 spiro atoms. The number of hydrogen-bond donors (Lipinski definition) is 0. The Hall–Kier alpha value is -2.23. The summed E-state index contributed by atoms with van der Waals surface area (Å²) in [5.74, 6) is 0.0125. The summed E-state index contributed by atoms with van der Waals surface area (Å²) >= 11 is 0. The highest BCUT2D eigenvalue weighted by Crippen LogP contribution is 2.39. The maximum atomic E-state index is 15.1. The minimum atomic E-state index is -1.06. The van der Waals surface area contributed by atoms with E-state index in [1.54, 1.807) is 6.07 Å². The summed E-state index contributed by atoms with van der Waals surface area (Å²) in [4.78, 5) is 0. The number of unbranched alkanes of at least 4 members (excludes halogenated alkanes) is 1. The van der Waals surface area contributed by atoms with E-state index in [0.717, 1.165) is 55.4 Å². The summed E-state index contributed by atoms with van der Waals surface area (Å²) in [6.07, 6.45) is 18.8. The molecule has 2 aromatic rings. The lowest BCUT2D eigenvalue weighted by Gasteiger charge is -2.29. The van der Waals surface area contributed by atoms with E-state index in [2.05, 4.69) is 19.1 Å². The molecule has 0 aromatic heterocycles. The molecule has 37 heavy (non-hydrogen) atoms. The van der Waals surface area contributed by atoms with Gasteiger partial charge in [0.15, 0.2) is 11.6 Å². The van der Waals surface area contributed by atoms with Crippen molar-refractivity contribution in [1.82, 2.24) is 0 Å². The Morgan fingerprint density at radius 3 is 2.30 bits per heavy atom. The summed E-state index contributed by atoms with van der Waals surface area (Å²) in [6.45, 7) is 4.69. The highest BCUT2D eigenvalue weighted by molar-refractivity contribution is 5.66. The zero-order chi connectivity index (χ0) is 26.2. The third-order valence-corrected chi connectivity index (χ3v) is 8.61. The molecule has 0 unspecified atom stereocenters. The van der Waals surface area contributed by atoms with Crippen LogP contribution in [0.2, 0.25) is 0 Å². The lowest BCUT2D eigenvalue weighted by Crippen LogP contribution is -2.13. The van der Waals surface area contributed by atoms with Crippen LogP contribution in [-0.4, -0.2) is 6.61 Å². The molecule has 0 N–H and O–H groups in total. The van der Waals surface area contributed by atoms with Gasteiger partial charge in [0, 0.05) is 11.1 Å². The molecule has 2 aliphatic rings. The van der Waals surface area contributed by atoms with Crippen LogP contribution in [0.1, 0.15) is 102 Å². The number of allylic oxidation sites excluding steroid dienone is 2. The molecule has 202 valence electrons. The lowest BCUT2D eigenvalue weighted by atomic mass is 9.77. The minimum absolute atomic E-state index is 0.0658. The fourth-order valence-corrected chi connectivity index (χ4v) is 6.06. The molecule has 2 aromatic carbocycles. The van der Waals surface area contributed by atoms with E-state index in [4.69, 9.17) is 4.74 Å². The maximum Gasteiger partial charge on any atom is 0.201 e. The highest BCUT2D eigenvalue weighted by Gasteiger charge is 2.24. The van der Waals surface area contributed by atoms with Gasteiger partial charge >= 0.3 is 0 Å². The van der Waals surface area contributed by atoms with Crippen molar-refractivity contribution in [3.8, 4) is 16.9 Å². The Labute approximate surface area is 221 Å². The van der Waals surface area contributed by atoms with Crippen LogP contribution in [0.3, 0.4) is 0 Å². The van der Waals surface area contributed by atoms with Gasteiger partial charge in [-0.3, -0.25) is 0 Å². The van der Waals surface area contributed by atoms with Crippen molar-refractivity contribution < 1.29 is 17.9 Å². The first-order valence-electron chi connectivity index (χ1n) is 14.5. The van der Waals surface area contributed by atoms with Crippen molar-refractivity contribution in [2.24, 2.45) is 17.8 Å². The quantitative estimate of drug-likeness (QED) is 0.227. The number of benzene rings is 2. The number of ether oxygens (including phenoxy) is 1. The van der Waals surface area contributed by atoms with E-state index in [-0.39, 0.29) is 16.9 Å². The average Bonchev–Trinajstić information content (AvgIpc) is 2.91. The van der Waals surface area contributed by atoms with Crippen LogP contribution in [0.5, 0.6) is 5.75 Å². The van der Waals surface area contributed by atoms with Crippen molar-refractivity contribution in [3.05, 3.63) is 65.5 Å². The van der Waals surface area contributed by atoms with Gasteiger partial charge in [0.2, 0.25) is 5.82 Å². The van der Waals surface area contributed by atoms with Crippen LogP contribution in [0.15, 0.2) is 42.5 Å². The number of rotatable bonds is 10. The molecular weight excluding hydrogens is 469 g/mol. The Morgan fingerprint density at radius 1 is 0.865 bits per heavy atom. The molecule has 0 aliphatic heterocycles. The number of hydrogen-bond acceptors (Lipinski definition) is 1. The van der Waals surface area contributed by atoms with Gasteiger partial charge in [0.25, 0.3) is 0 Å². The smallest absolute Gasteiger partial charge is 0.201 e. The molecular formula is C33H43F3O. The molecule has 0 bridgehead atoms. The summed E-state index contributed by atoms with van der Waals surface area (Å²) in [7, 11) is 0. The normalized spacial score (nSPS) is 24.5. The van der Waals surface area contributed by atoms with Crippen molar-refractivity contribution >= 4 is 0 Å². The Bertz CT molecular complexity index is 1030. The lowest BCUT2D eigenvalue weighted by molar-refractivity contribution is 0.289. The minimum Gasteiger partial charge on any atom is -0.490 e. The molecule has 2 fully saturated rings. The maximum absolute atomic E-state index is 15.1. The summed E-state index contributed by atoms with van der Waals surface area (Å²) in [6, 6.07) is 7.81. The van der Waals surface area contributed by atoms with Gasteiger partial charge in [0.05, 0.1) is 6.61 Å². The SMILES string of the molecule is CCCCOc1ccc(-c2ccc(C3CCC(CC/C=C/C4CCC(C)CC4)CC3)cc2F)c(F)c1F. The van der Waals surface area contributed by atoms with Gasteiger partial charge in [-0.05, 0) is 105 Å². The fourth-order valence-electron chi connectivity index (χ4n) is 6.06. The largest absolute Gasteiger partial charge is 0.490 e. The topological polar surface area (TPSA) is 9.23 Å². The van der Waals surface area contributed by atoms with Crippen molar-refractivity contribution in [2.75, 3.05) is 6.61 Å². The number of halogens is 3. The van der Waals surface area contributed by atoms with Gasteiger partial charge in [-0.15, -0.1) is 0 Å². The molecule has 0 heterocycles. The molecule has 4 heteroatoms. The first kappa shape index (κ1) is 27.8. The third-order valence-electron chi connectivity index (χ3n) is 8.61. The first-order chi connectivity index (χ1) is 18.0. The van der Waals surface area contributed by atoms with Crippen molar-refractivity contribution in [2.45, 2.75) is 96.8 Å². The van der Waals surface area contributed by atoms with Gasteiger partial charge in [-0.1, -0.05) is 57.4 Å². The molecule has 0 radical (unpaired) electrons. The second kappa shape index (κ2) is 13.5. The van der Waals surface area contributed by atoms with E-state index < -0.39 is 17.5 Å². The second-order valence-corrected chi connectivity index (χ2v) is 11.4. The molecule has 2 aliphatic carbocycles. The van der Waals surface area contributed by atoms with Crippen LogP contribution < -0.4 is 4.74 Å². The van der Waals surface area contributed by atoms with E-state index in [0.29, 0.717) is 12.5 Å². The van der Waals surface area contributed by atoms with Crippen molar-refractivity contribution in [3.63, 3.8) is 0 Å². The Balaban J connectivity index is 1.29. The second-order valence-electron chi connectivity index (χ2n) is 11.4. The van der Waals surface area contributed by atoms with Crippen LogP contribution in [-0.2, 0) is 0 Å². The van der Waals surface area contributed by atoms with E-state index in [1.165, 1.54) is 63.1 Å². The Morgan fingerprint density at radius 2 is 1.59 bits per heavy atom. The molecule has 0 atom stereocenters. The predicted octanol–water partition coefficient (Wildman–Crippen LogP) is 10.4. The van der Waals surface area contributed by atoms with E-state index in [9.17, 15) is 8.78 Å². The van der Waals surface area contributed by atoms with Gasteiger partial charge in [0.1, 0.15) is 5.82 Å². The zero-order valence-corrected chi connectivity index (χ0v) is 22.6. The molecule has 0 saturated heterocycles. The average molecular weight is 513 g/mol. The fraction of sp³-hybridized carbons (Fsp3) is 0.576. The van der Waals surface area contributed by atoms with Gasteiger partial charge in [-0.2, -0.15) is 4.39 Å². The predicted molar refractivity (Wildman–Crippen MR) is 146 cm³/mol. The Kier molecular flexibility index (Phi) is 10.2. The zero-order valence-electron chi connectivity index (χ0n) is 22.6. The molecule has 2 saturated carbocycles. The first-order valence-corrected chi connectivity index (χ1v) is 14.5. The highest BCUT2D eigenvalue weighted by atomic mass is 19.2. The van der Waals surface area contributed by atoms with Crippen LogP contribution in [0.4, 0.5) is 13.2 Å². The van der Waals surface area contributed by atoms with Crippen LogP contribution >= 0.6 is 0 Å². The third kappa shape index (κ3) is 7.42. The monoisotopic (exact) mass is 512 g/mol. The summed E-state index contributed by atoms with van der Waals surface area (Å²) in [5, 5.41) is 0. The van der Waals surface area contributed by atoms with Gasteiger partial charge in [-0.25, -0.2) is 8.78 Å². The van der Waals surface area contributed by atoms with Gasteiger partial charge < -0.3 is 4.74 Å². The molecule has 4 rings (SSSR count).